The highest BCUT2D eigenvalue weighted by molar-refractivity contribution is 6.30. The quantitative estimate of drug-likeness (QED) is 0.767. The average Bonchev–Trinajstić information content (AvgIpc) is 2.45. The molecule has 108 valence electrons. The van der Waals surface area contributed by atoms with Crippen LogP contribution in [0, 0.1) is 0 Å². The Morgan fingerprint density at radius 2 is 1.81 bits per heavy atom. The number of hydrogen-bond acceptors (Lipinski definition) is 2. The number of benzene rings is 1. The lowest BCUT2D eigenvalue weighted by Gasteiger charge is -2.05. The van der Waals surface area contributed by atoms with Crippen LogP contribution in [0.2, 0.25) is 5.02 Å². The van der Waals surface area contributed by atoms with Gasteiger partial charge in [-0.05, 0) is 35.9 Å². The third-order valence-corrected chi connectivity index (χ3v) is 2.91. The van der Waals surface area contributed by atoms with Gasteiger partial charge in [-0.25, -0.2) is 4.98 Å². The number of rotatable bonds is 3. The molecular formula is C15H9ClF3NO. The minimum atomic E-state index is -4.49. The van der Waals surface area contributed by atoms with Gasteiger partial charge in [0.05, 0.1) is 5.69 Å². The first-order valence-corrected chi connectivity index (χ1v) is 6.25. The molecule has 0 radical (unpaired) electrons. The van der Waals surface area contributed by atoms with E-state index in [-0.39, 0.29) is 5.69 Å². The summed E-state index contributed by atoms with van der Waals surface area (Å²) in [6.45, 7) is 0. The zero-order chi connectivity index (χ0) is 15.5. The second-order valence-electron chi connectivity index (χ2n) is 4.17. The van der Waals surface area contributed by atoms with Crippen LogP contribution in [0.25, 0.3) is 12.2 Å². The fourth-order valence-corrected chi connectivity index (χ4v) is 1.86. The molecule has 0 aliphatic rings. The third-order valence-electron chi connectivity index (χ3n) is 2.67. The summed E-state index contributed by atoms with van der Waals surface area (Å²) in [5.74, 6) is 0. The molecule has 0 aliphatic heterocycles. The van der Waals surface area contributed by atoms with E-state index in [0.717, 1.165) is 6.07 Å². The Hall–Kier alpha value is -2.14. The summed E-state index contributed by atoms with van der Waals surface area (Å²) in [5, 5.41) is 0.409. The maximum absolute atomic E-state index is 12.5. The standard InChI is InChI=1S/C15H9ClF3NO/c16-12-6-4-10(11(8-12)9-21)5-7-13-2-1-3-14(20-13)15(17,18)19/h1-9H/b7-5+. The molecule has 0 bridgehead atoms. The van der Waals surface area contributed by atoms with Gasteiger partial charge >= 0.3 is 6.18 Å². The monoisotopic (exact) mass is 311 g/mol. The molecule has 0 spiro atoms. The Labute approximate surface area is 123 Å². The van der Waals surface area contributed by atoms with Gasteiger partial charge in [-0.1, -0.05) is 29.8 Å². The number of hydrogen-bond donors (Lipinski definition) is 0. The van der Waals surface area contributed by atoms with Crippen LogP contribution in [0.5, 0.6) is 0 Å². The van der Waals surface area contributed by atoms with Gasteiger partial charge in [0.1, 0.15) is 5.69 Å². The predicted octanol–water partition coefficient (Wildman–Crippen LogP) is 4.74. The number of carbonyl (C=O) groups excluding carboxylic acids is 1. The SMILES string of the molecule is O=Cc1cc(Cl)ccc1/C=C/c1cccc(C(F)(F)F)n1. The smallest absolute Gasteiger partial charge is 0.298 e. The normalized spacial score (nSPS) is 11.8. The Balaban J connectivity index is 2.32. The summed E-state index contributed by atoms with van der Waals surface area (Å²) in [6.07, 6.45) is -0.933. The van der Waals surface area contributed by atoms with Gasteiger partial charge in [-0.15, -0.1) is 0 Å². The fourth-order valence-electron chi connectivity index (χ4n) is 1.68. The lowest BCUT2D eigenvalue weighted by Crippen LogP contribution is -2.07. The molecule has 0 amide bonds. The van der Waals surface area contributed by atoms with Crippen LogP contribution in [-0.2, 0) is 6.18 Å². The molecule has 1 aromatic heterocycles. The molecule has 0 N–H and O–H groups in total. The maximum Gasteiger partial charge on any atom is 0.433 e. The summed E-state index contributed by atoms with van der Waals surface area (Å²) in [5.41, 5.74) is 0.0901. The van der Waals surface area contributed by atoms with E-state index in [1.807, 2.05) is 0 Å². The van der Waals surface area contributed by atoms with Crippen LogP contribution in [-0.4, -0.2) is 11.3 Å². The van der Waals surface area contributed by atoms with E-state index in [4.69, 9.17) is 11.6 Å². The summed E-state index contributed by atoms with van der Waals surface area (Å²) >= 11 is 5.76. The van der Waals surface area contributed by atoms with E-state index in [2.05, 4.69) is 4.98 Å². The minimum absolute atomic E-state index is 0.150. The third kappa shape index (κ3) is 3.92. The molecule has 2 rings (SSSR count). The zero-order valence-corrected chi connectivity index (χ0v) is 11.3. The van der Waals surface area contributed by atoms with E-state index >= 15 is 0 Å². The lowest BCUT2D eigenvalue weighted by molar-refractivity contribution is -0.141. The number of halogens is 4. The highest BCUT2D eigenvalue weighted by Gasteiger charge is 2.32. The maximum atomic E-state index is 12.5. The van der Waals surface area contributed by atoms with Crippen molar-refractivity contribution in [1.29, 1.82) is 0 Å². The van der Waals surface area contributed by atoms with Crippen molar-refractivity contribution < 1.29 is 18.0 Å². The van der Waals surface area contributed by atoms with Crippen LogP contribution in [0.1, 0.15) is 27.3 Å². The van der Waals surface area contributed by atoms with Crippen LogP contribution >= 0.6 is 11.6 Å². The average molecular weight is 312 g/mol. The van der Waals surface area contributed by atoms with Crippen LogP contribution in [0.4, 0.5) is 13.2 Å². The van der Waals surface area contributed by atoms with E-state index in [1.165, 1.54) is 30.4 Å². The summed E-state index contributed by atoms with van der Waals surface area (Å²) in [4.78, 5) is 14.4. The molecule has 1 heterocycles. The molecule has 2 nitrogen and oxygen atoms in total. The zero-order valence-electron chi connectivity index (χ0n) is 10.6. The van der Waals surface area contributed by atoms with Gasteiger partial charge in [0.15, 0.2) is 6.29 Å². The first kappa shape index (κ1) is 15.3. The minimum Gasteiger partial charge on any atom is -0.298 e. The predicted molar refractivity (Wildman–Crippen MR) is 75.0 cm³/mol. The van der Waals surface area contributed by atoms with Crippen molar-refractivity contribution in [3.05, 3.63) is 63.9 Å². The first-order valence-electron chi connectivity index (χ1n) is 5.87. The Morgan fingerprint density at radius 3 is 2.48 bits per heavy atom. The Morgan fingerprint density at radius 1 is 1.05 bits per heavy atom. The van der Waals surface area contributed by atoms with E-state index < -0.39 is 11.9 Å². The molecule has 0 unspecified atom stereocenters. The van der Waals surface area contributed by atoms with Crippen LogP contribution in [0.3, 0.4) is 0 Å². The second-order valence-corrected chi connectivity index (χ2v) is 4.61. The van der Waals surface area contributed by atoms with E-state index in [9.17, 15) is 18.0 Å². The van der Waals surface area contributed by atoms with Gasteiger partial charge in [-0.3, -0.25) is 4.79 Å². The summed E-state index contributed by atoms with van der Waals surface area (Å²) in [7, 11) is 0. The Bertz CT molecular complexity index is 696. The number of alkyl halides is 3. The van der Waals surface area contributed by atoms with Gasteiger partial charge < -0.3 is 0 Å². The fraction of sp³-hybridized carbons (Fsp3) is 0.0667. The number of pyridine rings is 1. The summed E-state index contributed by atoms with van der Waals surface area (Å²) < 4.78 is 37.6. The van der Waals surface area contributed by atoms with Crippen molar-refractivity contribution in [2.24, 2.45) is 0 Å². The van der Waals surface area contributed by atoms with Crippen LogP contribution < -0.4 is 0 Å². The molecule has 6 heteroatoms. The largest absolute Gasteiger partial charge is 0.433 e. The van der Waals surface area contributed by atoms with E-state index in [0.29, 0.717) is 22.4 Å². The van der Waals surface area contributed by atoms with Crippen molar-refractivity contribution in [2.75, 3.05) is 0 Å². The molecule has 1 aromatic carbocycles. The number of carbonyl (C=O) groups is 1. The van der Waals surface area contributed by atoms with Crippen molar-refractivity contribution >= 4 is 30.0 Å². The lowest BCUT2D eigenvalue weighted by atomic mass is 10.1. The van der Waals surface area contributed by atoms with Crippen LogP contribution in [0.15, 0.2) is 36.4 Å². The molecule has 2 aromatic rings. The Kier molecular flexibility index (Phi) is 4.43. The first-order chi connectivity index (χ1) is 9.90. The molecule has 0 aliphatic carbocycles. The summed E-state index contributed by atoms with van der Waals surface area (Å²) in [6, 6.07) is 8.30. The number of aldehydes is 1. The highest BCUT2D eigenvalue weighted by atomic mass is 35.5. The highest BCUT2D eigenvalue weighted by Crippen LogP contribution is 2.27. The molecule has 0 atom stereocenters. The van der Waals surface area contributed by atoms with Gasteiger partial charge in [0, 0.05) is 10.6 Å². The van der Waals surface area contributed by atoms with Crippen molar-refractivity contribution in [2.45, 2.75) is 6.18 Å². The van der Waals surface area contributed by atoms with Crippen molar-refractivity contribution in [3.63, 3.8) is 0 Å². The molecular weight excluding hydrogens is 303 g/mol. The van der Waals surface area contributed by atoms with Gasteiger partial charge in [0.25, 0.3) is 0 Å². The molecule has 0 fully saturated rings. The molecule has 21 heavy (non-hydrogen) atoms. The van der Waals surface area contributed by atoms with E-state index in [1.54, 1.807) is 12.1 Å². The second kappa shape index (κ2) is 6.10. The number of aromatic nitrogens is 1. The topological polar surface area (TPSA) is 30.0 Å². The number of nitrogens with zero attached hydrogens (tertiary/aromatic N) is 1. The van der Waals surface area contributed by atoms with Gasteiger partial charge in [0.2, 0.25) is 0 Å². The van der Waals surface area contributed by atoms with Crippen molar-refractivity contribution in [1.82, 2.24) is 4.98 Å². The van der Waals surface area contributed by atoms with Gasteiger partial charge in [-0.2, -0.15) is 13.2 Å². The molecule has 0 saturated heterocycles. The van der Waals surface area contributed by atoms with Crippen molar-refractivity contribution in [3.8, 4) is 0 Å². The molecule has 0 saturated carbocycles.